The number of carbonyl (C=O) groups is 1. The number of aryl methyl sites for hydroxylation is 1. The normalized spacial score (nSPS) is 10.3. The lowest BCUT2D eigenvalue weighted by atomic mass is 10.0. The number of hydrogen-bond donors (Lipinski definition) is 0. The molecule has 3 heteroatoms. The van der Waals surface area contributed by atoms with Crippen molar-refractivity contribution in [1.29, 1.82) is 0 Å². The van der Waals surface area contributed by atoms with Crippen molar-refractivity contribution in [3.8, 4) is 0 Å². The summed E-state index contributed by atoms with van der Waals surface area (Å²) >= 11 is 0. The Balaban J connectivity index is 2.02. The summed E-state index contributed by atoms with van der Waals surface area (Å²) in [4.78, 5) is 11.8. The fourth-order valence-corrected chi connectivity index (χ4v) is 1.78. The SMILES string of the molecule is O=C(CCc1cc(F)cc(F)c1)c1ccccc1. The van der Waals surface area contributed by atoms with Crippen LogP contribution in [-0.2, 0) is 6.42 Å². The van der Waals surface area contributed by atoms with Crippen LogP contribution in [0.3, 0.4) is 0 Å². The largest absolute Gasteiger partial charge is 0.294 e. The van der Waals surface area contributed by atoms with Crippen LogP contribution in [0, 0.1) is 11.6 Å². The van der Waals surface area contributed by atoms with Gasteiger partial charge in [0.25, 0.3) is 0 Å². The molecule has 0 fully saturated rings. The minimum Gasteiger partial charge on any atom is -0.294 e. The molecule has 0 heterocycles. The second-order valence-electron chi connectivity index (χ2n) is 4.07. The van der Waals surface area contributed by atoms with Crippen LogP contribution in [0.25, 0.3) is 0 Å². The highest BCUT2D eigenvalue weighted by molar-refractivity contribution is 5.96. The van der Waals surface area contributed by atoms with Crippen LogP contribution >= 0.6 is 0 Å². The second kappa shape index (κ2) is 5.54. The van der Waals surface area contributed by atoms with E-state index in [9.17, 15) is 13.6 Å². The van der Waals surface area contributed by atoms with E-state index in [1.807, 2.05) is 6.07 Å². The molecule has 2 aromatic carbocycles. The van der Waals surface area contributed by atoms with Gasteiger partial charge in [-0.25, -0.2) is 8.78 Å². The third-order valence-electron chi connectivity index (χ3n) is 2.66. The Morgan fingerprint density at radius 1 is 0.944 bits per heavy atom. The standard InChI is InChI=1S/C15H12F2O/c16-13-8-11(9-14(17)10-13)6-7-15(18)12-4-2-1-3-5-12/h1-5,8-10H,6-7H2. The minimum atomic E-state index is -0.614. The molecule has 0 spiro atoms. The Morgan fingerprint density at radius 2 is 1.56 bits per heavy atom. The number of Topliss-reactive ketones (excluding diaryl/α,β-unsaturated/α-hetero) is 1. The maximum atomic E-state index is 13.0. The van der Waals surface area contributed by atoms with Crippen molar-refractivity contribution in [3.63, 3.8) is 0 Å². The first kappa shape index (κ1) is 12.4. The zero-order valence-corrected chi connectivity index (χ0v) is 9.70. The molecule has 0 aliphatic heterocycles. The zero-order valence-electron chi connectivity index (χ0n) is 9.70. The molecule has 0 unspecified atom stereocenters. The number of carbonyl (C=O) groups excluding carboxylic acids is 1. The van der Waals surface area contributed by atoms with E-state index in [1.165, 1.54) is 12.1 Å². The minimum absolute atomic E-state index is 0.0275. The second-order valence-corrected chi connectivity index (χ2v) is 4.07. The predicted molar refractivity (Wildman–Crippen MR) is 65.5 cm³/mol. The molecular weight excluding hydrogens is 234 g/mol. The van der Waals surface area contributed by atoms with Crippen LogP contribution in [0.5, 0.6) is 0 Å². The van der Waals surface area contributed by atoms with Crippen molar-refractivity contribution in [2.24, 2.45) is 0 Å². The molecule has 0 saturated heterocycles. The van der Waals surface area contributed by atoms with Crippen LogP contribution in [0.1, 0.15) is 22.3 Å². The van der Waals surface area contributed by atoms with Gasteiger partial charge < -0.3 is 0 Å². The van der Waals surface area contributed by atoms with Gasteiger partial charge in [0.2, 0.25) is 0 Å². The van der Waals surface area contributed by atoms with E-state index in [1.54, 1.807) is 24.3 Å². The smallest absolute Gasteiger partial charge is 0.163 e. The van der Waals surface area contributed by atoms with Gasteiger partial charge >= 0.3 is 0 Å². The Labute approximate surface area is 104 Å². The van der Waals surface area contributed by atoms with Gasteiger partial charge in [-0.15, -0.1) is 0 Å². The first-order valence-electron chi connectivity index (χ1n) is 5.68. The van der Waals surface area contributed by atoms with Crippen LogP contribution in [0.4, 0.5) is 8.78 Å². The molecule has 0 radical (unpaired) electrons. The monoisotopic (exact) mass is 246 g/mol. The predicted octanol–water partition coefficient (Wildman–Crippen LogP) is 3.78. The Kier molecular flexibility index (Phi) is 3.82. The van der Waals surface area contributed by atoms with Gasteiger partial charge in [0.05, 0.1) is 0 Å². The van der Waals surface area contributed by atoms with Crippen molar-refractivity contribution in [2.75, 3.05) is 0 Å². The maximum absolute atomic E-state index is 13.0. The summed E-state index contributed by atoms with van der Waals surface area (Å²) in [5, 5.41) is 0. The fraction of sp³-hybridized carbons (Fsp3) is 0.133. The summed E-state index contributed by atoms with van der Waals surface area (Å²) < 4.78 is 25.9. The first-order valence-corrected chi connectivity index (χ1v) is 5.68. The summed E-state index contributed by atoms with van der Waals surface area (Å²) in [6.07, 6.45) is 0.579. The summed E-state index contributed by atoms with van der Waals surface area (Å²) in [6.45, 7) is 0. The average molecular weight is 246 g/mol. The number of rotatable bonds is 4. The summed E-state index contributed by atoms with van der Waals surface area (Å²) in [5.74, 6) is -1.26. The molecule has 0 atom stereocenters. The van der Waals surface area contributed by atoms with Gasteiger partial charge in [-0.3, -0.25) is 4.79 Å². The molecule has 0 aromatic heterocycles. The molecule has 0 saturated carbocycles. The van der Waals surface area contributed by atoms with Crippen LogP contribution in [0.2, 0.25) is 0 Å². The highest BCUT2D eigenvalue weighted by atomic mass is 19.1. The van der Waals surface area contributed by atoms with Crippen LogP contribution < -0.4 is 0 Å². The van der Waals surface area contributed by atoms with E-state index in [2.05, 4.69) is 0 Å². The molecular formula is C15H12F2O. The van der Waals surface area contributed by atoms with Crippen LogP contribution in [0.15, 0.2) is 48.5 Å². The molecule has 0 aliphatic carbocycles. The molecule has 0 N–H and O–H groups in total. The van der Waals surface area contributed by atoms with E-state index in [0.29, 0.717) is 17.5 Å². The van der Waals surface area contributed by atoms with E-state index in [-0.39, 0.29) is 12.2 Å². The molecule has 2 rings (SSSR count). The third-order valence-corrected chi connectivity index (χ3v) is 2.66. The number of halogens is 2. The van der Waals surface area contributed by atoms with E-state index in [0.717, 1.165) is 6.07 Å². The molecule has 92 valence electrons. The highest BCUT2D eigenvalue weighted by Gasteiger charge is 2.07. The van der Waals surface area contributed by atoms with Gasteiger partial charge in [0, 0.05) is 18.1 Å². The van der Waals surface area contributed by atoms with Crippen LogP contribution in [-0.4, -0.2) is 5.78 Å². The number of ketones is 1. The van der Waals surface area contributed by atoms with Crippen molar-refractivity contribution >= 4 is 5.78 Å². The maximum Gasteiger partial charge on any atom is 0.163 e. The topological polar surface area (TPSA) is 17.1 Å². The Bertz CT molecular complexity index is 529. The lowest BCUT2D eigenvalue weighted by molar-refractivity contribution is 0.0982. The Morgan fingerprint density at radius 3 is 2.17 bits per heavy atom. The van der Waals surface area contributed by atoms with Crippen molar-refractivity contribution < 1.29 is 13.6 Å². The average Bonchev–Trinajstić information content (AvgIpc) is 2.36. The first-order chi connectivity index (χ1) is 8.65. The quantitative estimate of drug-likeness (QED) is 0.750. The number of benzene rings is 2. The molecule has 18 heavy (non-hydrogen) atoms. The molecule has 0 aliphatic rings. The van der Waals surface area contributed by atoms with Crippen molar-refractivity contribution in [3.05, 3.63) is 71.3 Å². The lowest BCUT2D eigenvalue weighted by Gasteiger charge is -2.02. The fourth-order valence-electron chi connectivity index (χ4n) is 1.78. The van der Waals surface area contributed by atoms with Gasteiger partial charge in [0.1, 0.15) is 11.6 Å². The Hall–Kier alpha value is -2.03. The van der Waals surface area contributed by atoms with Gasteiger partial charge in [0.15, 0.2) is 5.78 Å². The lowest BCUT2D eigenvalue weighted by Crippen LogP contribution is -2.01. The van der Waals surface area contributed by atoms with Gasteiger partial charge in [-0.2, -0.15) is 0 Å². The molecule has 1 nitrogen and oxygen atoms in total. The van der Waals surface area contributed by atoms with E-state index < -0.39 is 11.6 Å². The number of hydrogen-bond acceptors (Lipinski definition) is 1. The molecule has 0 bridgehead atoms. The van der Waals surface area contributed by atoms with E-state index >= 15 is 0 Å². The van der Waals surface area contributed by atoms with Crippen molar-refractivity contribution in [1.82, 2.24) is 0 Å². The molecule has 0 amide bonds. The van der Waals surface area contributed by atoms with E-state index in [4.69, 9.17) is 0 Å². The zero-order chi connectivity index (χ0) is 13.0. The third kappa shape index (κ3) is 3.23. The van der Waals surface area contributed by atoms with Gasteiger partial charge in [-0.05, 0) is 24.1 Å². The van der Waals surface area contributed by atoms with Gasteiger partial charge in [-0.1, -0.05) is 30.3 Å². The highest BCUT2D eigenvalue weighted by Crippen LogP contribution is 2.12. The summed E-state index contributed by atoms with van der Waals surface area (Å²) in [5.41, 5.74) is 1.12. The molecule has 2 aromatic rings. The summed E-state index contributed by atoms with van der Waals surface area (Å²) in [7, 11) is 0. The summed E-state index contributed by atoms with van der Waals surface area (Å²) in [6, 6.07) is 12.2. The van der Waals surface area contributed by atoms with Crippen molar-refractivity contribution in [2.45, 2.75) is 12.8 Å².